The molecule has 3 heterocycles. The Kier molecular flexibility index (Phi) is 5.57. The van der Waals surface area contributed by atoms with Crippen LogP contribution in [0.2, 0.25) is 0 Å². The molecule has 0 spiro atoms. The lowest BCUT2D eigenvalue weighted by molar-refractivity contribution is -0.0778. The third-order valence-corrected chi connectivity index (χ3v) is 5.81. The number of nitrogens with zero attached hydrogens (tertiary/aromatic N) is 4. The third kappa shape index (κ3) is 4.70. The predicted molar refractivity (Wildman–Crippen MR) is 116 cm³/mol. The molecule has 7 nitrogen and oxygen atoms in total. The summed E-state index contributed by atoms with van der Waals surface area (Å²) < 4.78 is 26.4. The van der Waals surface area contributed by atoms with Crippen molar-refractivity contribution < 1.29 is 13.9 Å². The molecule has 0 saturated carbocycles. The van der Waals surface area contributed by atoms with E-state index in [1.807, 2.05) is 19.1 Å². The van der Waals surface area contributed by atoms with Crippen molar-refractivity contribution in [3.05, 3.63) is 60.2 Å². The van der Waals surface area contributed by atoms with Crippen LogP contribution in [0.25, 0.3) is 5.69 Å². The Morgan fingerprint density at radius 3 is 2.58 bits per heavy atom. The molecule has 162 valence electrons. The third-order valence-electron chi connectivity index (χ3n) is 5.81. The van der Waals surface area contributed by atoms with Gasteiger partial charge in [-0.1, -0.05) is 0 Å². The van der Waals surface area contributed by atoms with E-state index in [0.29, 0.717) is 12.0 Å². The molecule has 0 amide bonds. The second-order valence-electron chi connectivity index (χ2n) is 8.19. The van der Waals surface area contributed by atoms with E-state index >= 15 is 0 Å². The van der Waals surface area contributed by atoms with Crippen molar-refractivity contribution in [2.24, 2.45) is 0 Å². The van der Waals surface area contributed by atoms with Gasteiger partial charge in [-0.15, -0.1) is 5.10 Å². The van der Waals surface area contributed by atoms with Crippen molar-refractivity contribution in [1.29, 1.82) is 0 Å². The molecule has 0 bridgehead atoms. The van der Waals surface area contributed by atoms with Crippen LogP contribution in [-0.4, -0.2) is 58.1 Å². The first-order chi connectivity index (χ1) is 15.1. The molecular weight excluding hydrogens is 397 g/mol. The number of likely N-dealkylation sites (tertiary alicyclic amines) is 1. The zero-order valence-electron chi connectivity index (χ0n) is 17.5. The Bertz CT molecular complexity index is 1030. The lowest BCUT2D eigenvalue weighted by Gasteiger charge is -2.41. The molecule has 5 rings (SSSR count). The van der Waals surface area contributed by atoms with E-state index in [2.05, 4.69) is 26.4 Å². The van der Waals surface area contributed by atoms with Crippen LogP contribution < -0.4 is 10.1 Å². The Morgan fingerprint density at radius 2 is 1.87 bits per heavy atom. The van der Waals surface area contributed by atoms with E-state index in [0.717, 1.165) is 61.8 Å². The summed E-state index contributed by atoms with van der Waals surface area (Å²) in [5.41, 5.74) is 2.72. The lowest BCUT2D eigenvalue weighted by atomic mass is 10.0. The van der Waals surface area contributed by atoms with Crippen LogP contribution in [-0.2, 0) is 4.74 Å². The number of aromatic nitrogens is 3. The van der Waals surface area contributed by atoms with Crippen LogP contribution in [0.15, 0.2) is 48.8 Å². The quantitative estimate of drug-likeness (QED) is 0.652. The maximum Gasteiger partial charge on any atom is 0.246 e. The molecule has 3 aromatic rings. The zero-order chi connectivity index (χ0) is 21.2. The molecule has 0 unspecified atom stereocenters. The van der Waals surface area contributed by atoms with E-state index in [4.69, 9.17) is 9.47 Å². The highest BCUT2D eigenvalue weighted by molar-refractivity contribution is 5.57. The number of ether oxygens (including phenoxy) is 2. The first-order valence-electron chi connectivity index (χ1n) is 10.7. The minimum atomic E-state index is -0.280. The number of aryl methyl sites for hydroxylation is 1. The molecule has 0 aliphatic carbocycles. The highest BCUT2D eigenvalue weighted by atomic mass is 19.1. The average Bonchev–Trinajstić information content (AvgIpc) is 3.16. The molecule has 2 aliphatic heterocycles. The Hall–Kier alpha value is -2.97. The smallest absolute Gasteiger partial charge is 0.246 e. The summed E-state index contributed by atoms with van der Waals surface area (Å²) in [5, 5.41) is 7.68. The summed E-state index contributed by atoms with van der Waals surface area (Å²) in [5.74, 6) is 1.04. The molecule has 31 heavy (non-hydrogen) atoms. The largest absolute Gasteiger partial charge is 0.490 e. The lowest BCUT2D eigenvalue weighted by Crippen LogP contribution is -2.52. The maximum atomic E-state index is 13.1. The van der Waals surface area contributed by atoms with E-state index in [1.54, 1.807) is 23.1 Å². The average molecular weight is 423 g/mol. The fourth-order valence-electron chi connectivity index (χ4n) is 4.04. The van der Waals surface area contributed by atoms with Gasteiger partial charge in [0, 0.05) is 24.8 Å². The van der Waals surface area contributed by atoms with Crippen molar-refractivity contribution in [2.75, 3.05) is 31.6 Å². The van der Waals surface area contributed by atoms with Crippen LogP contribution in [0.3, 0.4) is 0 Å². The minimum absolute atomic E-state index is 0.225. The Morgan fingerprint density at radius 1 is 1.10 bits per heavy atom. The first-order valence-corrected chi connectivity index (χ1v) is 10.7. The van der Waals surface area contributed by atoms with Gasteiger partial charge in [-0.2, -0.15) is 4.98 Å². The number of nitrogens with one attached hydrogen (secondary N) is 1. The van der Waals surface area contributed by atoms with E-state index in [9.17, 15) is 4.39 Å². The van der Waals surface area contributed by atoms with Crippen molar-refractivity contribution in [1.82, 2.24) is 19.7 Å². The molecule has 2 fully saturated rings. The Balaban J connectivity index is 1.22. The van der Waals surface area contributed by atoms with Gasteiger partial charge >= 0.3 is 0 Å². The van der Waals surface area contributed by atoms with Gasteiger partial charge in [-0.25, -0.2) is 9.07 Å². The maximum absolute atomic E-state index is 13.1. The summed E-state index contributed by atoms with van der Waals surface area (Å²) in [4.78, 5) is 6.82. The van der Waals surface area contributed by atoms with Crippen LogP contribution in [0, 0.1) is 12.7 Å². The van der Waals surface area contributed by atoms with Gasteiger partial charge in [-0.05, 0) is 61.7 Å². The second-order valence-corrected chi connectivity index (χ2v) is 8.19. The van der Waals surface area contributed by atoms with Gasteiger partial charge in [-0.3, -0.25) is 4.90 Å². The number of anilines is 2. The molecule has 0 atom stereocenters. The van der Waals surface area contributed by atoms with Crippen molar-refractivity contribution in [3.8, 4) is 11.4 Å². The minimum Gasteiger partial charge on any atom is -0.490 e. The van der Waals surface area contributed by atoms with Crippen molar-refractivity contribution in [3.63, 3.8) is 0 Å². The molecule has 2 aromatic carbocycles. The topological polar surface area (TPSA) is 64.4 Å². The number of benzene rings is 2. The van der Waals surface area contributed by atoms with Gasteiger partial charge in [0.2, 0.25) is 5.95 Å². The van der Waals surface area contributed by atoms with Crippen LogP contribution in [0.4, 0.5) is 16.0 Å². The molecule has 1 N–H and O–H groups in total. The fourth-order valence-corrected chi connectivity index (χ4v) is 4.04. The predicted octanol–water partition coefficient (Wildman–Crippen LogP) is 3.70. The van der Waals surface area contributed by atoms with Gasteiger partial charge in [0.25, 0.3) is 0 Å². The summed E-state index contributed by atoms with van der Waals surface area (Å²) in [6.45, 7) is 5.88. The van der Waals surface area contributed by atoms with Crippen LogP contribution in [0.1, 0.15) is 18.4 Å². The standard InChI is InChI=1S/C23H26FN5O2/c1-16-10-18(26-23-25-15-29(27-23)19-4-2-17(24)3-5-19)12-22(11-16)31-21-6-8-28(9-7-21)20-13-30-14-20/h2-5,10-12,15,20-21H,6-9,13-14H2,1H3,(H,26,27). The van der Waals surface area contributed by atoms with Crippen molar-refractivity contribution >= 4 is 11.6 Å². The summed E-state index contributed by atoms with van der Waals surface area (Å²) >= 11 is 0. The van der Waals surface area contributed by atoms with E-state index in [1.165, 1.54) is 12.1 Å². The van der Waals surface area contributed by atoms with Crippen LogP contribution >= 0.6 is 0 Å². The summed E-state index contributed by atoms with van der Waals surface area (Å²) in [6.07, 6.45) is 3.87. The molecule has 2 aliphatic rings. The van der Waals surface area contributed by atoms with Gasteiger partial charge in [0.15, 0.2) is 0 Å². The number of piperidine rings is 1. The molecule has 1 aromatic heterocycles. The summed E-state index contributed by atoms with van der Waals surface area (Å²) in [7, 11) is 0. The zero-order valence-corrected chi connectivity index (χ0v) is 17.5. The number of hydrogen-bond acceptors (Lipinski definition) is 6. The number of rotatable bonds is 6. The molecular formula is C23H26FN5O2. The molecule has 0 radical (unpaired) electrons. The second kappa shape index (κ2) is 8.64. The summed E-state index contributed by atoms with van der Waals surface area (Å²) in [6, 6.07) is 12.8. The SMILES string of the molecule is Cc1cc(Nc2ncn(-c3ccc(F)cc3)n2)cc(OC2CCN(C3COC3)CC2)c1. The highest BCUT2D eigenvalue weighted by Crippen LogP contribution is 2.27. The van der Waals surface area contributed by atoms with Crippen LogP contribution in [0.5, 0.6) is 5.75 Å². The van der Waals surface area contributed by atoms with Gasteiger partial charge in [0.1, 0.15) is 24.0 Å². The van der Waals surface area contributed by atoms with Crippen molar-refractivity contribution in [2.45, 2.75) is 31.9 Å². The highest BCUT2D eigenvalue weighted by Gasteiger charge is 2.30. The van der Waals surface area contributed by atoms with E-state index < -0.39 is 0 Å². The first kappa shape index (κ1) is 20.0. The van der Waals surface area contributed by atoms with Gasteiger partial charge < -0.3 is 14.8 Å². The molecule has 2 saturated heterocycles. The number of hydrogen-bond donors (Lipinski definition) is 1. The molecule has 8 heteroatoms. The fraction of sp³-hybridized carbons (Fsp3) is 0.391. The van der Waals surface area contributed by atoms with E-state index in [-0.39, 0.29) is 11.9 Å². The normalized spacial score (nSPS) is 18.0. The number of halogens is 1. The monoisotopic (exact) mass is 423 g/mol. The van der Waals surface area contributed by atoms with Gasteiger partial charge in [0.05, 0.1) is 24.9 Å². The Labute approximate surface area is 180 Å².